The molecule has 3 N–H and O–H groups in total. The first-order valence-electron chi connectivity index (χ1n) is 8.33. The van der Waals surface area contributed by atoms with Crippen LogP contribution in [0.1, 0.15) is 38.1 Å². The Hall–Kier alpha value is -2.70. The summed E-state index contributed by atoms with van der Waals surface area (Å²) in [4.78, 5) is 23.2. The van der Waals surface area contributed by atoms with Crippen molar-refractivity contribution in [1.82, 2.24) is 24.7 Å². The van der Waals surface area contributed by atoms with E-state index in [1.54, 1.807) is 12.5 Å². The predicted molar refractivity (Wildman–Crippen MR) is 89.9 cm³/mol. The molecule has 1 atom stereocenters. The number of fused-ring (bicyclic) bond motifs is 1. The summed E-state index contributed by atoms with van der Waals surface area (Å²) in [5, 5.41) is 5.48. The number of nitrogens with one attached hydrogen (secondary N) is 1. The Bertz CT molecular complexity index is 861. The summed E-state index contributed by atoms with van der Waals surface area (Å²) < 4.78 is 1.90. The van der Waals surface area contributed by atoms with E-state index in [9.17, 15) is 4.79 Å². The van der Waals surface area contributed by atoms with Crippen molar-refractivity contribution >= 4 is 16.9 Å². The van der Waals surface area contributed by atoms with Crippen LogP contribution in [-0.4, -0.2) is 30.6 Å². The highest BCUT2D eigenvalue weighted by atomic mass is 16.1. The normalized spacial score (nSPS) is 16.7. The molecule has 0 unspecified atom stereocenters. The van der Waals surface area contributed by atoms with Crippen LogP contribution in [0.3, 0.4) is 0 Å². The minimum atomic E-state index is -0.279. The van der Waals surface area contributed by atoms with Crippen LogP contribution in [0.15, 0.2) is 31.0 Å². The molecular formula is C17H20N6O. The van der Waals surface area contributed by atoms with Crippen molar-refractivity contribution in [2.75, 3.05) is 0 Å². The van der Waals surface area contributed by atoms with Gasteiger partial charge in [-0.3, -0.25) is 9.48 Å². The fraction of sp³-hybridized carbons (Fsp3) is 0.412. The Kier molecular flexibility index (Phi) is 3.76. The number of H-pyrrole nitrogens is 1. The molecular weight excluding hydrogens is 304 g/mol. The molecule has 1 fully saturated rings. The summed E-state index contributed by atoms with van der Waals surface area (Å²) >= 11 is 0. The second-order valence-electron chi connectivity index (χ2n) is 6.45. The first kappa shape index (κ1) is 14.9. The highest BCUT2D eigenvalue weighted by molar-refractivity contribution is 5.90. The monoisotopic (exact) mass is 324 g/mol. The van der Waals surface area contributed by atoms with Gasteiger partial charge in [0.05, 0.1) is 17.9 Å². The number of hydrogen-bond acceptors (Lipinski definition) is 4. The number of rotatable bonds is 5. The zero-order valence-corrected chi connectivity index (χ0v) is 13.4. The maximum atomic E-state index is 11.5. The molecule has 0 saturated heterocycles. The number of carbonyl (C=O) groups is 1. The number of nitrogens with zero attached hydrogens (tertiary/aromatic N) is 4. The van der Waals surface area contributed by atoms with Crippen molar-refractivity contribution in [3.05, 3.63) is 31.0 Å². The summed E-state index contributed by atoms with van der Waals surface area (Å²) in [6, 6.07) is 1.99. The van der Waals surface area contributed by atoms with Crippen molar-refractivity contribution < 1.29 is 4.79 Å². The van der Waals surface area contributed by atoms with Crippen molar-refractivity contribution in [3.63, 3.8) is 0 Å². The number of carbonyl (C=O) groups excluding carboxylic acids is 1. The van der Waals surface area contributed by atoms with Gasteiger partial charge in [0.25, 0.3) is 0 Å². The molecule has 3 aromatic rings. The van der Waals surface area contributed by atoms with E-state index in [4.69, 9.17) is 5.73 Å². The molecule has 4 rings (SSSR count). The Morgan fingerprint density at radius 1 is 1.38 bits per heavy atom. The highest BCUT2D eigenvalue weighted by Crippen LogP contribution is 2.36. The molecule has 0 spiro atoms. The fourth-order valence-corrected chi connectivity index (χ4v) is 3.77. The Balaban J connectivity index is 1.69. The lowest BCUT2D eigenvalue weighted by atomic mass is 9.95. The third-order valence-electron chi connectivity index (χ3n) is 4.92. The molecule has 124 valence electrons. The van der Waals surface area contributed by atoms with E-state index in [0.29, 0.717) is 12.3 Å². The molecule has 1 saturated carbocycles. The largest absolute Gasteiger partial charge is 0.370 e. The smallest absolute Gasteiger partial charge is 0.219 e. The average Bonchev–Trinajstić information content (AvgIpc) is 3.32. The second-order valence-corrected chi connectivity index (χ2v) is 6.45. The van der Waals surface area contributed by atoms with Crippen molar-refractivity contribution in [1.29, 1.82) is 0 Å². The Morgan fingerprint density at radius 2 is 2.21 bits per heavy atom. The first-order chi connectivity index (χ1) is 11.7. The molecule has 7 heteroatoms. The maximum Gasteiger partial charge on any atom is 0.219 e. The van der Waals surface area contributed by atoms with Gasteiger partial charge in [-0.2, -0.15) is 5.10 Å². The number of nitrogens with two attached hydrogens (primary N) is 1. The number of aromatic amines is 1. The molecule has 7 nitrogen and oxygen atoms in total. The lowest BCUT2D eigenvalue weighted by Crippen LogP contribution is -2.24. The van der Waals surface area contributed by atoms with E-state index in [1.807, 2.05) is 23.1 Å². The van der Waals surface area contributed by atoms with E-state index in [0.717, 1.165) is 35.1 Å². The summed E-state index contributed by atoms with van der Waals surface area (Å²) in [6.07, 6.45) is 12.2. The average molecular weight is 324 g/mol. The van der Waals surface area contributed by atoms with E-state index in [2.05, 4.69) is 20.1 Å². The summed E-state index contributed by atoms with van der Waals surface area (Å²) in [7, 11) is 0. The lowest BCUT2D eigenvalue weighted by Gasteiger charge is -2.22. The first-order valence-corrected chi connectivity index (χ1v) is 8.33. The van der Waals surface area contributed by atoms with Crippen LogP contribution in [0, 0.1) is 5.92 Å². The third-order valence-corrected chi connectivity index (χ3v) is 4.92. The van der Waals surface area contributed by atoms with Gasteiger partial charge in [0, 0.05) is 29.8 Å². The van der Waals surface area contributed by atoms with Gasteiger partial charge >= 0.3 is 0 Å². The molecule has 0 aliphatic heterocycles. The van der Waals surface area contributed by atoms with E-state index in [1.165, 1.54) is 12.8 Å². The SMILES string of the molecule is NC(=O)C[C@@H](C1CCCC1)n1cc(-c2ncnc3[nH]ccc23)cn1. The number of primary amides is 1. The molecule has 0 radical (unpaired) electrons. The molecule has 3 aromatic heterocycles. The number of hydrogen-bond donors (Lipinski definition) is 2. The van der Waals surface area contributed by atoms with Gasteiger partial charge in [0.1, 0.15) is 12.0 Å². The topological polar surface area (TPSA) is 102 Å². The molecule has 1 amide bonds. The molecule has 0 aromatic carbocycles. The molecule has 24 heavy (non-hydrogen) atoms. The van der Waals surface area contributed by atoms with Crippen molar-refractivity contribution in [2.45, 2.75) is 38.1 Å². The minimum Gasteiger partial charge on any atom is -0.370 e. The van der Waals surface area contributed by atoms with Crippen molar-refractivity contribution in [3.8, 4) is 11.3 Å². The fourth-order valence-electron chi connectivity index (χ4n) is 3.77. The lowest BCUT2D eigenvalue weighted by molar-refractivity contribution is -0.119. The summed E-state index contributed by atoms with van der Waals surface area (Å²) in [6.45, 7) is 0. The van der Waals surface area contributed by atoms with Gasteiger partial charge in [-0.25, -0.2) is 9.97 Å². The van der Waals surface area contributed by atoms with Gasteiger partial charge in [-0.15, -0.1) is 0 Å². The van der Waals surface area contributed by atoms with Crippen LogP contribution in [0.2, 0.25) is 0 Å². The van der Waals surface area contributed by atoms with Crippen LogP contribution in [-0.2, 0) is 4.79 Å². The van der Waals surface area contributed by atoms with Crippen LogP contribution in [0.4, 0.5) is 0 Å². The summed E-state index contributed by atoms with van der Waals surface area (Å²) in [5.74, 6) is 0.182. The highest BCUT2D eigenvalue weighted by Gasteiger charge is 2.28. The van der Waals surface area contributed by atoms with Gasteiger partial charge in [0.2, 0.25) is 5.91 Å². The van der Waals surface area contributed by atoms with E-state index in [-0.39, 0.29) is 11.9 Å². The minimum absolute atomic E-state index is 0.0299. The van der Waals surface area contributed by atoms with Gasteiger partial charge in [0.15, 0.2) is 0 Å². The van der Waals surface area contributed by atoms with Crippen LogP contribution in [0.25, 0.3) is 22.3 Å². The zero-order chi connectivity index (χ0) is 16.5. The third kappa shape index (κ3) is 2.66. The van der Waals surface area contributed by atoms with E-state index < -0.39 is 0 Å². The number of amides is 1. The Labute approximate surface area is 139 Å². The number of aromatic nitrogens is 5. The Morgan fingerprint density at radius 3 is 3.00 bits per heavy atom. The molecule has 1 aliphatic carbocycles. The van der Waals surface area contributed by atoms with Crippen LogP contribution in [0.5, 0.6) is 0 Å². The predicted octanol–water partition coefficient (Wildman–Crippen LogP) is 2.43. The molecule has 1 aliphatic rings. The maximum absolute atomic E-state index is 11.5. The summed E-state index contributed by atoms with van der Waals surface area (Å²) in [5.41, 5.74) is 8.04. The van der Waals surface area contributed by atoms with Crippen LogP contribution < -0.4 is 5.73 Å². The second kappa shape index (κ2) is 6.07. The standard InChI is InChI=1S/C17H20N6O/c18-15(24)7-14(11-3-1-2-4-11)23-9-12(8-22-23)16-13-5-6-19-17(13)21-10-20-16/h5-6,8-11,14H,1-4,7H2,(H2,18,24)(H,19,20,21)/t14-/m0/s1. The molecule has 3 heterocycles. The van der Waals surface area contributed by atoms with Crippen molar-refractivity contribution in [2.24, 2.45) is 11.7 Å². The van der Waals surface area contributed by atoms with Gasteiger partial charge < -0.3 is 10.7 Å². The molecule has 0 bridgehead atoms. The quantitative estimate of drug-likeness (QED) is 0.752. The van der Waals surface area contributed by atoms with E-state index >= 15 is 0 Å². The van der Waals surface area contributed by atoms with Gasteiger partial charge in [-0.1, -0.05) is 12.8 Å². The van der Waals surface area contributed by atoms with Gasteiger partial charge in [-0.05, 0) is 24.8 Å². The zero-order valence-electron chi connectivity index (χ0n) is 13.4. The van der Waals surface area contributed by atoms with Crippen LogP contribution >= 0.6 is 0 Å².